The lowest BCUT2D eigenvalue weighted by atomic mass is 9.97. The zero-order chi connectivity index (χ0) is 25.2. The Hall–Kier alpha value is -3.18. The predicted molar refractivity (Wildman–Crippen MR) is 166 cm³/mol. The standard InChI is InChI=1S/C23H24N2O.C10H9N.2ClH/c1-15-22(11-6-17-3-2-12-24-23(15)17)16-4-9-20(10-5-16)26-21-13-18-7-8-19(14-21)25-18;1-8-6-7-9-4-2-3-5-10(9)11-8;;/h2-6,9-12,18-19,21,25H,7-8,13-14H2,1H3;2-7H,1H3;2*1H. The van der Waals surface area contributed by atoms with Crippen LogP contribution >= 0.6 is 24.8 Å². The number of pyridine rings is 2. The van der Waals surface area contributed by atoms with Crippen molar-refractivity contribution in [3.63, 3.8) is 0 Å². The van der Waals surface area contributed by atoms with E-state index in [-0.39, 0.29) is 24.8 Å². The second-order valence-electron chi connectivity index (χ2n) is 10.3. The third-order valence-electron chi connectivity index (χ3n) is 7.66. The molecule has 0 aliphatic carbocycles. The first-order valence-corrected chi connectivity index (χ1v) is 13.3. The van der Waals surface area contributed by atoms with Crippen molar-refractivity contribution in [2.45, 2.75) is 57.7 Å². The van der Waals surface area contributed by atoms with Crippen molar-refractivity contribution in [3.05, 3.63) is 102 Å². The van der Waals surface area contributed by atoms with Gasteiger partial charge in [-0.3, -0.25) is 9.97 Å². The number of halogens is 2. The summed E-state index contributed by atoms with van der Waals surface area (Å²) in [6.07, 6.45) is 7.09. The van der Waals surface area contributed by atoms with Crippen LogP contribution in [0.15, 0.2) is 91.1 Å². The lowest BCUT2D eigenvalue weighted by molar-refractivity contribution is 0.137. The summed E-state index contributed by atoms with van der Waals surface area (Å²) in [4.78, 5) is 8.93. The molecule has 0 saturated carbocycles. The van der Waals surface area contributed by atoms with Crippen LogP contribution in [0.5, 0.6) is 5.75 Å². The van der Waals surface area contributed by atoms with Crippen molar-refractivity contribution in [2.75, 3.05) is 0 Å². The molecule has 6 heteroatoms. The normalized spacial score (nSPS) is 19.4. The van der Waals surface area contributed by atoms with E-state index in [1.54, 1.807) is 0 Å². The predicted octanol–water partition coefficient (Wildman–Crippen LogP) is 8.26. The summed E-state index contributed by atoms with van der Waals surface area (Å²) in [6.45, 7) is 4.16. The molecule has 2 aromatic heterocycles. The Morgan fingerprint density at radius 3 is 2.21 bits per heavy atom. The van der Waals surface area contributed by atoms with Gasteiger partial charge in [0.2, 0.25) is 0 Å². The first-order chi connectivity index (χ1) is 18.1. The summed E-state index contributed by atoms with van der Waals surface area (Å²) in [6, 6.07) is 30.6. The Kier molecular flexibility index (Phi) is 9.45. The maximum Gasteiger partial charge on any atom is 0.119 e. The quantitative estimate of drug-likeness (QED) is 0.241. The molecular formula is C33H35Cl2N3O. The van der Waals surface area contributed by atoms with Crippen molar-refractivity contribution in [1.29, 1.82) is 0 Å². The van der Waals surface area contributed by atoms with Gasteiger partial charge in [-0.15, -0.1) is 24.8 Å². The zero-order valence-corrected chi connectivity index (χ0v) is 24.0. The molecule has 3 aromatic carbocycles. The average molecular weight is 561 g/mol. The molecule has 2 aliphatic rings. The second-order valence-corrected chi connectivity index (χ2v) is 10.3. The molecule has 0 spiro atoms. The van der Waals surface area contributed by atoms with Crippen LogP contribution in [-0.2, 0) is 0 Å². The SMILES string of the molecule is Cc1c(-c2ccc(OC3CC4CCC(C3)N4)cc2)ccc2cccnc12.Cc1ccc2ccccc2n1.Cl.Cl. The van der Waals surface area contributed by atoms with E-state index in [0.29, 0.717) is 18.2 Å². The summed E-state index contributed by atoms with van der Waals surface area (Å²) < 4.78 is 6.28. The van der Waals surface area contributed by atoms with E-state index in [1.165, 1.54) is 40.3 Å². The molecular weight excluding hydrogens is 525 g/mol. The van der Waals surface area contributed by atoms with Crippen molar-refractivity contribution < 1.29 is 4.74 Å². The molecule has 2 bridgehead atoms. The summed E-state index contributed by atoms with van der Waals surface area (Å²) in [5.41, 5.74) is 6.91. The number of aromatic nitrogens is 2. The van der Waals surface area contributed by atoms with E-state index in [2.05, 4.69) is 76.8 Å². The number of nitrogens with zero attached hydrogens (tertiary/aromatic N) is 2. The minimum absolute atomic E-state index is 0. The molecule has 7 rings (SSSR count). The Labute approximate surface area is 243 Å². The number of nitrogens with one attached hydrogen (secondary N) is 1. The molecule has 4 nitrogen and oxygen atoms in total. The van der Waals surface area contributed by atoms with Gasteiger partial charge in [-0.25, -0.2) is 0 Å². The molecule has 4 heterocycles. The topological polar surface area (TPSA) is 47.0 Å². The van der Waals surface area contributed by atoms with Gasteiger partial charge in [0.25, 0.3) is 0 Å². The van der Waals surface area contributed by atoms with Crippen molar-refractivity contribution in [1.82, 2.24) is 15.3 Å². The molecule has 2 atom stereocenters. The first kappa shape index (κ1) is 28.8. The van der Waals surface area contributed by atoms with Crippen LogP contribution in [0.3, 0.4) is 0 Å². The highest BCUT2D eigenvalue weighted by Crippen LogP contribution is 2.32. The van der Waals surface area contributed by atoms with Gasteiger partial charge in [-0.05, 0) is 86.6 Å². The van der Waals surface area contributed by atoms with E-state index >= 15 is 0 Å². The van der Waals surface area contributed by atoms with Crippen LogP contribution in [0, 0.1) is 13.8 Å². The Balaban J connectivity index is 0.000000230. The number of piperidine rings is 1. The summed E-state index contributed by atoms with van der Waals surface area (Å²) >= 11 is 0. The third kappa shape index (κ3) is 6.52. The van der Waals surface area contributed by atoms with Crippen molar-refractivity contribution >= 4 is 46.6 Å². The second kappa shape index (κ2) is 12.8. The van der Waals surface area contributed by atoms with Crippen LogP contribution in [0.25, 0.3) is 32.9 Å². The molecule has 5 aromatic rings. The highest BCUT2D eigenvalue weighted by atomic mass is 35.5. The third-order valence-corrected chi connectivity index (χ3v) is 7.66. The monoisotopic (exact) mass is 559 g/mol. The minimum Gasteiger partial charge on any atom is -0.490 e. The van der Waals surface area contributed by atoms with E-state index < -0.39 is 0 Å². The maximum atomic E-state index is 6.28. The minimum atomic E-state index is 0. The largest absolute Gasteiger partial charge is 0.490 e. The fourth-order valence-electron chi connectivity index (χ4n) is 5.78. The van der Waals surface area contributed by atoms with Crippen LogP contribution in [0.2, 0.25) is 0 Å². The fourth-order valence-corrected chi connectivity index (χ4v) is 5.78. The Morgan fingerprint density at radius 1 is 0.744 bits per heavy atom. The Morgan fingerprint density at radius 2 is 1.44 bits per heavy atom. The molecule has 2 unspecified atom stereocenters. The maximum absolute atomic E-state index is 6.28. The van der Waals surface area contributed by atoms with Gasteiger partial charge in [0.05, 0.1) is 11.0 Å². The van der Waals surface area contributed by atoms with Gasteiger partial charge < -0.3 is 10.1 Å². The van der Waals surface area contributed by atoms with Gasteiger partial charge >= 0.3 is 0 Å². The van der Waals surface area contributed by atoms with Crippen LogP contribution in [-0.4, -0.2) is 28.2 Å². The lowest BCUT2D eigenvalue weighted by Gasteiger charge is -2.29. The Bertz CT molecular complexity index is 1530. The number of benzene rings is 3. The molecule has 202 valence electrons. The van der Waals surface area contributed by atoms with Gasteiger partial charge in [-0.2, -0.15) is 0 Å². The smallest absolute Gasteiger partial charge is 0.119 e. The number of hydrogen-bond acceptors (Lipinski definition) is 4. The van der Waals surface area contributed by atoms with Crippen LogP contribution < -0.4 is 10.1 Å². The van der Waals surface area contributed by atoms with E-state index in [4.69, 9.17) is 4.74 Å². The number of rotatable bonds is 3. The average Bonchev–Trinajstić information content (AvgIpc) is 3.27. The van der Waals surface area contributed by atoms with Crippen LogP contribution in [0.4, 0.5) is 0 Å². The van der Waals surface area contributed by atoms with Gasteiger partial charge in [-0.1, -0.05) is 54.6 Å². The molecule has 39 heavy (non-hydrogen) atoms. The highest BCUT2D eigenvalue weighted by Gasteiger charge is 2.34. The van der Waals surface area contributed by atoms with E-state index in [0.717, 1.165) is 35.3 Å². The van der Waals surface area contributed by atoms with Crippen LogP contribution in [0.1, 0.15) is 36.9 Å². The fraction of sp³-hybridized carbons (Fsp3) is 0.273. The molecule has 2 saturated heterocycles. The summed E-state index contributed by atoms with van der Waals surface area (Å²) in [5.74, 6) is 0.983. The number of ether oxygens (including phenoxy) is 1. The molecule has 0 radical (unpaired) electrons. The number of para-hydroxylation sites is 1. The number of hydrogen-bond donors (Lipinski definition) is 1. The van der Waals surface area contributed by atoms with Gasteiger partial charge in [0.1, 0.15) is 11.9 Å². The molecule has 0 amide bonds. The number of fused-ring (bicyclic) bond motifs is 4. The van der Waals surface area contributed by atoms with E-state index in [1.807, 2.05) is 43.5 Å². The van der Waals surface area contributed by atoms with Crippen molar-refractivity contribution in [2.24, 2.45) is 0 Å². The lowest BCUT2D eigenvalue weighted by Crippen LogP contribution is -2.42. The zero-order valence-electron chi connectivity index (χ0n) is 22.3. The van der Waals surface area contributed by atoms with Gasteiger partial charge in [0, 0.05) is 34.7 Å². The summed E-state index contributed by atoms with van der Waals surface area (Å²) in [5, 5.41) is 6.07. The van der Waals surface area contributed by atoms with Gasteiger partial charge in [0.15, 0.2) is 0 Å². The highest BCUT2D eigenvalue weighted by molar-refractivity contribution is 5.88. The summed E-state index contributed by atoms with van der Waals surface area (Å²) in [7, 11) is 0. The molecule has 2 aliphatic heterocycles. The van der Waals surface area contributed by atoms with E-state index in [9.17, 15) is 0 Å². The number of aryl methyl sites for hydroxylation is 2. The molecule has 2 fully saturated rings. The van der Waals surface area contributed by atoms with Crippen molar-refractivity contribution in [3.8, 4) is 16.9 Å². The molecule has 1 N–H and O–H groups in total. The first-order valence-electron chi connectivity index (χ1n) is 13.3.